The number of carbonyl (C=O) groups excluding carboxylic acids is 1. The summed E-state index contributed by atoms with van der Waals surface area (Å²) in [5, 5.41) is 30.2. The molecule has 0 aliphatic carbocycles. The average molecular weight is 265 g/mol. The normalized spacial score (nSPS) is 9.47. The van der Waals surface area contributed by atoms with Crippen molar-refractivity contribution in [3.05, 3.63) is 33.9 Å². The average Bonchev–Trinajstić information content (AvgIpc) is 2.42. The zero-order chi connectivity index (χ0) is 14.3. The van der Waals surface area contributed by atoms with Crippen molar-refractivity contribution in [2.75, 3.05) is 13.2 Å². The number of rotatable bonds is 6. The number of carbonyl (C=O) groups is 1. The van der Waals surface area contributed by atoms with Gasteiger partial charge in [-0.2, -0.15) is 5.26 Å². The maximum Gasteiger partial charge on any atom is 0.311 e. The van der Waals surface area contributed by atoms with Crippen LogP contribution in [0.25, 0.3) is 0 Å². The van der Waals surface area contributed by atoms with Gasteiger partial charge in [0.2, 0.25) is 0 Å². The Morgan fingerprint density at radius 2 is 2.32 bits per heavy atom. The van der Waals surface area contributed by atoms with Crippen LogP contribution in [0.2, 0.25) is 0 Å². The standard InChI is InChI=1S/C11H11N3O5/c12-3-4-13-11(16)7-19-10-2-1-8(6-15)5-9(10)14(17)18/h1-2,5,15H,4,6-7H2,(H,13,16). The van der Waals surface area contributed by atoms with Crippen LogP contribution in [-0.4, -0.2) is 29.1 Å². The zero-order valence-corrected chi connectivity index (χ0v) is 9.83. The molecular formula is C11H11N3O5. The van der Waals surface area contributed by atoms with E-state index < -0.39 is 17.4 Å². The fraction of sp³-hybridized carbons (Fsp3) is 0.273. The number of hydrogen-bond donors (Lipinski definition) is 2. The monoisotopic (exact) mass is 265 g/mol. The Balaban J connectivity index is 2.75. The summed E-state index contributed by atoms with van der Waals surface area (Å²) in [5.41, 5.74) is 0.0348. The van der Waals surface area contributed by atoms with Gasteiger partial charge in [-0.3, -0.25) is 14.9 Å². The molecule has 0 saturated heterocycles. The number of benzene rings is 1. The lowest BCUT2D eigenvalue weighted by Crippen LogP contribution is -2.29. The van der Waals surface area contributed by atoms with Gasteiger partial charge in [0.05, 0.1) is 17.6 Å². The highest BCUT2D eigenvalue weighted by atomic mass is 16.6. The summed E-state index contributed by atoms with van der Waals surface area (Å²) in [7, 11) is 0. The zero-order valence-electron chi connectivity index (χ0n) is 9.83. The topological polar surface area (TPSA) is 125 Å². The Morgan fingerprint density at radius 1 is 1.58 bits per heavy atom. The van der Waals surface area contributed by atoms with E-state index >= 15 is 0 Å². The fourth-order valence-corrected chi connectivity index (χ4v) is 1.26. The summed E-state index contributed by atoms with van der Waals surface area (Å²) >= 11 is 0. The quantitative estimate of drug-likeness (QED) is 0.427. The Kier molecular flexibility index (Phi) is 5.25. The third-order valence-electron chi connectivity index (χ3n) is 2.13. The smallest absolute Gasteiger partial charge is 0.311 e. The Hall–Kier alpha value is -2.66. The minimum Gasteiger partial charge on any atom is -0.477 e. The summed E-state index contributed by atoms with van der Waals surface area (Å²) in [5.74, 6) is -0.628. The second-order valence-corrected chi connectivity index (χ2v) is 3.44. The number of nitro groups is 1. The summed E-state index contributed by atoms with van der Waals surface area (Å²) in [6.07, 6.45) is 0. The van der Waals surface area contributed by atoms with E-state index in [4.69, 9.17) is 15.1 Å². The molecule has 100 valence electrons. The van der Waals surface area contributed by atoms with E-state index in [9.17, 15) is 14.9 Å². The molecule has 0 radical (unpaired) electrons. The van der Waals surface area contributed by atoms with Crippen LogP contribution in [0.15, 0.2) is 18.2 Å². The van der Waals surface area contributed by atoms with Gasteiger partial charge in [-0.1, -0.05) is 6.07 Å². The van der Waals surface area contributed by atoms with Gasteiger partial charge in [0.15, 0.2) is 12.4 Å². The fourth-order valence-electron chi connectivity index (χ4n) is 1.26. The van der Waals surface area contributed by atoms with Crippen LogP contribution in [0.4, 0.5) is 5.69 Å². The first-order valence-electron chi connectivity index (χ1n) is 5.23. The molecule has 0 bridgehead atoms. The van der Waals surface area contributed by atoms with Crippen LogP contribution in [0, 0.1) is 21.4 Å². The number of amides is 1. The first-order chi connectivity index (χ1) is 9.08. The molecule has 0 atom stereocenters. The molecule has 0 spiro atoms. The summed E-state index contributed by atoms with van der Waals surface area (Å²) < 4.78 is 5.01. The minimum atomic E-state index is -0.665. The van der Waals surface area contributed by atoms with Crippen molar-refractivity contribution in [2.24, 2.45) is 0 Å². The van der Waals surface area contributed by atoms with Crippen molar-refractivity contribution >= 4 is 11.6 Å². The number of ether oxygens (including phenoxy) is 1. The van der Waals surface area contributed by atoms with Crippen LogP contribution >= 0.6 is 0 Å². The third kappa shape index (κ3) is 4.25. The summed E-state index contributed by atoms with van der Waals surface area (Å²) in [6.45, 7) is -0.918. The molecule has 1 aromatic carbocycles. The van der Waals surface area contributed by atoms with Crippen molar-refractivity contribution in [3.63, 3.8) is 0 Å². The van der Waals surface area contributed by atoms with Crippen LogP contribution in [0.1, 0.15) is 5.56 Å². The molecule has 1 rings (SSSR count). The molecule has 8 nitrogen and oxygen atoms in total. The molecule has 0 aromatic heterocycles. The van der Waals surface area contributed by atoms with Gasteiger partial charge >= 0.3 is 5.69 Å². The molecular weight excluding hydrogens is 254 g/mol. The molecule has 8 heteroatoms. The second kappa shape index (κ2) is 6.93. The molecule has 0 fully saturated rings. The van der Waals surface area contributed by atoms with Crippen LogP contribution < -0.4 is 10.1 Å². The van der Waals surface area contributed by atoms with Crippen molar-refractivity contribution in [2.45, 2.75) is 6.61 Å². The molecule has 0 heterocycles. The molecule has 1 aromatic rings. The molecule has 0 aliphatic heterocycles. The maximum atomic E-state index is 11.2. The first-order valence-corrected chi connectivity index (χ1v) is 5.23. The molecule has 0 saturated carbocycles. The van der Waals surface area contributed by atoms with Crippen molar-refractivity contribution in [3.8, 4) is 11.8 Å². The number of nitrogens with one attached hydrogen (secondary N) is 1. The second-order valence-electron chi connectivity index (χ2n) is 3.44. The lowest BCUT2D eigenvalue weighted by atomic mass is 10.2. The SMILES string of the molecule is N#CCNC(=O)COc1ccc(CO)cc1[N+](=O)[O-]. The lowest BCUT2D eigenvalue weighted by Gasteiger charge is -2.07. The van der Waals surface area contributed by atoms with E-state index in [0.29, 0.717) is 5.56 Å². The molecule has 19 heavy (non-hydrogen) atoms. The summed E-state index contributed by atoms with van der Waals surface area (Å²) in [6, 6.07) is 5.65. The molecule has 1 amide bonds. The third-order valence-corrected chi connectivity index (χ3v) is 2.13. The van der Waals surface area contributed by atoms with Gasteiger partial charge in [-0.25, -0.2) is 0 Å². The number of nitrogens with zero attached hydrogens (tertiary/aromatic N) is 2. The molecule has 2 N–H and O–H groups in total. The molecule has 0 unspecified atom stereocenters. The number of aliphatic hydroxyl groups is 1. The van der Waals surface area contributed by atoms with Crippen molar-refractivity contribution in [1.29, 1.82) is 5.26 Å². The van der Waals surface area contributed by atoms with E-state index in [-0.39, 0.29) is 24.6 Å². The highest BCUT2D eigenvalue weighted by Gasteiger charge is 2.16. The van der Waals surface area contributed by atoms with Gasteiger partial charge in [0, 0.05) is 6.07 Å². The van der Waals surface area contributed by atoms with E-state index in [0.717, 1.165) is 0 Å². The predicted octanol–water partition coefficient (Wildman–Crippen LogP) is 0.106. The van der Waals surface area contributed by atoms with Gasteiger partial charge in [0.25, 0.3) is 5.91 Å². The summed E-state index contributed by atoms with van der Waals surface area (Å²) in [4.78, 5) is 21.3. The first kappa shape index (κ1) is 14.4. The van der Waals surface area contributed by atoms with E-state index in [1.165, 1.54) is 18.2 Å². The lowest BCUT2D eigenvalue weighted by molar-refractivity contribution is -0.385. The van der Waals surface area contributed by atoms with Crippen molar-refractivity contribution < 1.29 is 19.6 Å². The van der Waals surface area contributed by atoms with Crippen LogP contribution in [0.5, 0.6) is 5.75 Å². The van der Waals surface area contributed by atoms with Gasteiger partial charge < -0.3 is 15.2 Å². The number of aliphatic hydroxyl groups excluding tert-OH is 1. The van der Waals surface area contributed by atoms with E-state index in [2.05, 4.69) is 5.32 Å². The highest BCUT2D eigenvalue weighted by molar-refractivity contribution is 5.77. The minimum absolute atomic E-state index is 0.0747. The van der Waals surface area contributed by atoms with E-state index in [1.807, 2.05) is 0 Å². The van der Waals surface area contributed by atoms with E-state index in [1.54, 1.807) is 6.07 Å². The van der Waals surface area contributed by atoms with Crippen LogP contribution in [-0.2, 0) is 11.4 Å². The van der Waals surface area contributed by atoms with Crippen LogP contribution in [0.3, 0.4) is 0 Å². The van der Waals surface area contributed by atoms with Crippen molar-refractivity contribution in [1.82, 2.24) is 5.32 Å². The molecule has 0 aliphatic rings. The number of nitro benzene ring substituents is 1. The highest BCUT2D eigenvalue weighted by Crippen LogP contribution is 2.27. The number of hydrogen-bond acceptors (Lipinski definition) is 6. The Labute approximate surface area is 108 Å². The Bertz CT molecular complexity index is 524. The largest absolute Gasteiger partial charge is 0.477 e. The Morgan fingerprint density at radius 3 is 2.89 bits per heavy atom. The van der Waals surface area contributed by atoms with Gasteiger partial charge in [-0.05, 0) is 11.6 Å². The van der Waals surface area contributed by atoms with Gasteiger partial charge in [0.1, 0.15) is 6.54 Å². The number of nitriles is 1. The maximum absolute atomic E-state index is 11.2. The predicted molar refractivity (Wildman–Crippen MR) is 63.1 cm³/mol. The van der Waals surface area contributed by atoms with Gasteiger partial charge in [-0.15, -0.1) is 0 Å².